The van der Waals surface area contributed by atoms with Crippen LogP contribution in [-0.2, 0) is 0 Å². The minimum Gasteiger partial charge on any atom is -0.101 e. The molecule has 0 amide bonds. The Kier molecular flexibility index (Phi) is 4.03. The monoisotopic (exact) mass is 170 g/mol. The van der Waals surface area contributed by atoms with Crippen LogP contribution in [0.4, 0.5) is 0 Å². The van der Waals surface area contributed by atoms with Crippen molar-refractivity contribution in [1.29, 1.82) is 0 Å². The Bertz CT molecular complexity index is 170. The first-order valence-corrected chi connectivity index (χ1v) is 5.51. The zero-order valence-corrected chi connectivity index (χ0v) is 9.28. The first-order chi connectivity index (χ1) is 4.89. The molecule has 0 aliphatic heterocycles. The van der Waals surface area contributed by atoms with Crippen LogP contribution in [0.1, 0.15) is 27.7 Å². The lowest BCUT2D eigenvalue weighted by Crippen LogP contribution is -2.09. The summed E-state index contributed by atoms with van der Waals surface area (Å²) in [6.45, 7) is 14.9. The van der Waals surface area contributed by atoms with E-state index in [4.69, 9.17) is 0 Å². The second-order valence-corrected chi connectivity index (χ2v) is 4.74. The molecule has 0 N–H and O–H groups in total. The zero-order valence-electron chi connectivity index (χ0n) is 8.28. The Labute approximate surface area is 72.6 Å². The van der Waals surface area contributed by atoms with Crippen molar-refractivity contribution < 1.29 is 0 Å². The third-order valence-corrected chi connectivity index (χ3v) is 2.13. The van der Waals surface area contributed by atoms with Crippen molar-refractivity contribution in [2.75, 3.05) is 6.66 Å². The van der Waals surface area contributed by atoms with Crippen LogP contribution in [0.5, 0.6) is 0 Å². The van der Waals surface area contributed by atoms with Gasteiger partial charge in [-0.2, -0.15) is 0 Å². The van der Waals surface area contributed by atoms with Crippen LogP contribution in [-0.4, -0.2) is 6.66 Å². The fourth-order valence-electron chi connectivity index (χ4n) is 1.12. The number of allylic oxidation sites excluding steroid dienone is 2. The summed E-state index contributed by atoms with van der Waals surface area (Å²) in [6, 6.07) is 0. The van der Waals surface area contributed by atoms with Crippen LogP contribution in [0.2, 0.25) is 0 Å². The third kappa shape index (κ3) is 3.72. The van der Waals surface area contributed by atoms with Crippen molar-refractivity contribution in [3.05, 3.63) is 23.5 Å². The van der Waals surface area contributed by atoms with Crippen LogP contribution in [0.15, 0.2) is 23.5 Å². The summed E-state index contributed by atoms with van der Waals surface area (Å²) in [4.78, 5) is 0. The highest BCUT2D eigenvalue weighted by Crippen LogP contribution is 2.32. The average Bonchev–Trinajstić information content (AvgIpc) is 1.79. The predicted octanol–water partition coefficient (Wildman–Crippen LogP) is 3.80. The maximum absolute atomic E-state index is 3.98. The molecule has 0 saturated heterocycles. The van der Waals surface area contributed by atoms with E-state index in [1.165, 1.54) is 11.1 Å². The van der Waals surface area contributed by atoms with Crippen LogP contribution >= 0.6 is 8.58 Å². The molecule has 0 rings (SSSR count). The van der Waals surface area contributed by atoms with E-state index in [0.29, 0.717) is 0 Å². The minimum absolute atomic E-state index is 0.259. The van der Waals surface area contributed by atoms with Crippen molar-refractivity contribution in [3.8, 4) is 0 Å². The molecule has 0 aromatic heterocycles. The standard InChI is InChI=1S/C10H19P/c1-8(2)9(7-11-6)10(3,4)5/h7,11H,1H2,2-6H3/b9-7+. The van der Waals surface area contributed by atoms with Crippen LogP contribution < -0.4 is 0 Å². The van der Waals surface area contributed by atoms with E-state index >= 15 is 0 Å². The van der Waals surface area contributed by atoms with Crippen molar-refractivity contribution in [3.63, 3.8) is 0 Å². The summed E-state index contributed by atoms with van der Waals surface area (Å²) < 4.78 is 0. The van der Waals surface area contributed by atoms with Gasteiger partial charge in [-0.05, 0) is 24.6 Å². The fraction of sp³-hybridized carbons (Fsp3) is 0.600. The molecule has 11 heavy (non-hydrogen) atoms. The highest BCUT2D eigenvalue weighted by atomic mass is 31.1. The molecule has 0 aromatic carbocycles. The summed E-state index contributed by atoms with van der Waals surface area (Å²) >= 11 is 0. The van der Waals surface area contributed by atoms with E-state index in [0.717, 1.165) is 8.58 Å². The van der Waals surface area contributed by atoms with E-state index < -0.39 is 0 Å². The lowest BCUT2D eigenvalue weighted by atomic mass is 9.84. The normalized spacial score (nSPS) is 14.5. The molecule has 0 fully saturated rings. The van der Waals surface area contributed by atoms with Crippen molar-refractivity contribution in [2.45, 2.75) is 27.7 Å². The van der Waals surface area contributed by atoms with E-state index in [1.807, 2.05) is 0 Å². The second-order valence-electron chi connectivity index (χ2n) is 3.88. The highest BCUT2D eigenvalue weighted by molar-refractivity contribution is 7.40. The smallest absolute Gasteiger partial charge is 0.0129 e. The number of rotatable bonds is 2. The van der Waals surface area contributed by atoms with Gasteiger partial charge in [-0.3, -0.25) is 0 Å². The zero-order chi connectivity index (χ0) is 9.07. The molecule has 0 saturated carbocycles. The Hall–Kier alpha value is -0.0900. The van der Waals surface area contributed by atoms with Crippen molar-refractivity contribution in [1.82, 2.24) is 0 Å². The van der Waals surface area contributed by atoms with Gasteiger partial charge in [0.2, 0.25) is 0 Å². The fourth-order valence-corrected chi connectivity index (χ4v) is 2.09. The summed E-state index contributed by atoms with van der Waals surface area (Å²) in [6.07, 6.45) is 0. The van der Waals surface area contributed by atoms with Gasteiger partial charge in [-0.1, -0.05) is 38.7 Å². The van der Waals surface area contributed by atoms with Gasteiger partial charge in [0.15, 0.2) is 0 Å². The Morgan fingerprint density at radius 1 is 1.36 bits per heavy atom. The third-order valence-electron chi connectivity index (χ3n) is 1.56. The average molecular weight is 170 g/mol. The summed E-state index contributed by atoms with van der Waals surface area (Å²) in [5, 5.41) is 0. The first kappa shape index (κ1) is 10.9. The van der Waals surface area contributed by atoms with Gasteiger partial charge in [0.25, 0.3) is 0 Å². The number of hydrogen-bond acceptors (Lipinski definition) is 0. The molecule has 0 spiro atoms. The summed E-state index contributed by atoms with van der Waals surface area (Å²) in [5.74, 6) is 2.29. The Morgan fingerprint density at radius 2 is 1.82 bits per heavy atom. The molecule has 0 heterocycles. The van der Waals surface area contributed by atoms with Crippen LogP contribution in [0.3, 0.4) is 0 Å². The Balaban J connectivity index is 4.63. The molecule has 0 aliphatic rings. The van der Waals surface area contributed by atoms with Gasteiger partial charge >= 0.3 is 0 Å². The molecule has 1 heteroatoms. The second kappa shape index (κ2) is 4.07. The van der Waals surface area contributed by atoms with Gasteiger partial charge in [0.05, 0.1) is 0 Å². The Morgan fingerprint density at radius 3 is 1.91 bits per heavy atom. The van der Waals surface area contributed by atoms with Gasteiger partial charge in [0, 0.05) is 0 Å². The number of hydrogen-bond donors (Lipinski definition) is 0. The first-order valence-electron chi connectivity index (χ1n) is 3.93. The topological polar surface area (TPSA) is 0 Å². The van der Waals surface area contributed by atoms with Crippen molar-refractivity contribution >= 4 is 8.58 Å². The van der Waals surface area contributed by atoms with Crippen LogP contribution in [0, 0.1) is 5.41 Å². The van der Waals surface area contributed by atoms with Gasteiger partial charge in [0.1, 0.15) is 0 Å². The lowest BCUT2D eigenvalue weighted by Gasteiger charge is -2.23. The van der Waals surface area contributed by atoms with E-state index in [9.17, 15) is 0 Å². The molecule has 0 nitrogen and oxygen atoms in total. The quantitative estimate of drug-likeness (QED) is 0.437. The van der Waals surface area contributed by atoms with Crippen LogP contribution in [0.25, 0.3) is 0 Å². The SMILES string of the molecule is C=C(C)/C(=C\PC)C(C)(C)C. The maximum Gasteiger partial charge on any atom is -0.0129 e. The summed E-state index contributed by atoms with van der Waals surface area (Å²) in [7, 11) is 0.882. The minimum atomic E-state index is 0.259. The van der Waals surface area contributed by atoms with E-state index in [-0.39, 0.29) is 5.41 Å². The van der Waals surface area contributed by atoms with Gasteiger partial charge < -0.3 is 0 Å². The molecule has 1 unspecified atom stereocenters. The highest BCUT2D eigenvalue weighted by Gasteiger charge is 2.16. The largest absolute Gasteiger partial charge is 0.101 e. The molecule has 1 atom stereocenters. The lowest BCUT2D eigenvalue weighted by molar-refractivity contribution is 0.512. The van der Waals surface area contributed by atoms with Gasteiger partial charge in [-0.25, -0.2) is 0 Å². The molecule has 0 radical (unpaired) electrons. The molecule has 0 bridgehead atoms. The molecule has 0 aromatic rings. The molecular formula is C10H19P. The van der Waals surface area contributed by atoms with Crippen molar-refractivity contribution in [2.24, 2.45) is 5.41 Å². The molecule has 0 aliphatic carbocycles. The maximum atomic E-state index is 3.98. The van der Waals surface area contributed by atoms with E-state index in [1.54, 1.807) is 0 Å². The predicted molar refractivity (Wildman–Crippen MR) is 56.6 cm³/mol. The molecule has 64 valence electrons. The van der Waals surface area contributed by atoms with Gasteiger partial charge in [-0.15, -0.1) is 8.58 Å². The van der Waals surface area contributed by atoms with E-state index in [2.05, 4.69) is 46.8 Å². The molecular weight excluding hydrogens is 151 g/mol. The summed E-state index contributed by atoms with van der Waals surface area (Å²) in [5.41, 5.74) is 2.86.